The van der Waals surface area contributed by atoms with Crippen molar-refractivity contribution in [3.63, 3.8) is 0 Å². The van der Waals surface area contributed by atoms with Gasteiger partial charge in [-0.1, -0.05) is 25.7 Å². The van der Waals surface area contributed by atoms with Crippen molar-refractivity contribution in [3.8, 4) is 0 Å². The van der Waals surface area contributed by atoms with Gasteiger partial charge in [0.25, 0.3) is 0 Å². The third kappa shape index (κ3) is 4.32. The monoisotopic (exact) mass is 263 g/mol. The van der Waals surface area contributed by atoms with E-state index in [1.165, 1.54) is 36.3 Å². The highest BCUT2D eigenvalue weighted by Crippen LogP contribution is 2.31. The van der Waals surface area contributed by atoms with Crippen LogP contribution in [-0.2, 0) is 0 Å². The highest BCUT2D eigenvalue weighted by atomic mass is 32.4. The van der Waals surface area contributed by atoms with Gasteiger partial charge in [-0.05, 0) is 43.9 Å². The average molecular weight is 263 g/mol. The molecule has 3 heteroatoms. The molecule has 0 aliphatic heterocycles. The summed E-state index contributed by atoms with van der Waals surface area (Å²) in [4.78, 5) is 6.15. The number of hydrogen-bond donors (Lipinski definition) is 0. The van der Waals surface area contributed by atoms with Gasteiger partial charge in [0.15, 0.2) is 0 Å². The van der Waals surface area contributed by atoms with Crippen molar-refractivity contribution >= 4 is 29.8 Å². The van der Waals surface area contributed by atoms with Gasteiger partial charge in [-0.3, -0.25) is 4.99 Å². The molecule has 0 atom stereocenters. The molecule has 1 saturated carbocycles. The number of rotatable bonds is 3. The van der Waals surface area contributed by atoms with Gasteiger partial charge in [0, 0.05) is 10.6 Å². The molecule has 0 aromatic heterocycles. The molecule has 0 spiro atoms. The fraction of sp³-hybridized carbons (Fsp3) is 0.500. The van der Waals surface area contributed by atoms with Crippen molar-refractivity contribution < 1.29 is 0 Å². The molecule has 1 aliphatic rings. The number of benzene rings is 1. The number of aliphatic imine (C=N–C) groups is 1. The van der Waals surface area contributed by atoms with Crippen LogP contribution in [0, 0.1) is 0 Å². The van der Waals surface area contributed by atoms with Crippen LogP contribution in [0.1, 0.15) is 25.7 Å². The van der Waals surface area contributed by atoms with Gasteiger partial charge >= 0.3 is 0 Å². The normalized spacial score (nSPS) is 16.3. The molecule has 0 saturated heterocycles. The van der Waals surface area contributed by atoms with Crippen molar-refractivity contribution in [3.05, 3.63) is 24.3 Å². The molecule has 0 radical (unpaired) electrons. The van der Waals surface area contributed by atoms with Gasteiger partial charge in [-0.15, -0.1) is 0 Å². The Morgan fingerprint density at radius 2 is 1.82 bits per heavy atom. The Morgan fingerprint density at radius 3 is 2.47 bits per heavy atom. The standard InChI is InChI=1S/C14H21NSSi/c1-17(2,3)16-14-10-6-9-13(11-14)15-12-7-4-5-8-12/h6,9-11H,4-5,7-8H2,1-3H3. The van der Waals surface area contributed by atoms with Crippen molar-refractivity contribution in [1.82, 2.24) is 0 Å². The molecule has 1 aromatic rings. The zero-order valence-electron chi connectivity index (χ0n) is 11.0. The van der Waals surface area contributed by atoms with E-state index in [2.05, 4.69) is 43.9 Å². The second-order valence-electron chi connectivity index (χ2n) is 5.60. The highest BCUT2D eigenvalue weighted by Gasteiger charge is 2.15. The Hall–Kier alpha value is -0.543. The van der Waals surface area contributed by atoms with E-state index in [0.29, 0.717) is 0 Å². The minimum Gasteiger partial charge on any atom is -0.258 e. The van der Waals surface area contributed by atoms with Gasteiger partial charge < -0.3 is 0 Å². The van der Waals surface area contributed by atoms with Crippen LogP contribution in [0.25, 0.3) is 0 Å². The summed E-state index contributed by atoms with van der Waals surface area (Å²) in [6, 6.07) is 8.71. The maximum Gasteiger partial charge on any atom is 0.114 e. The van der Waals surface area contributed by atoms with Crippen molar-refractivity contribution in [2.75, 3.05) is 0 Å². The number of hydrogen-bond acceptors (Lipinski definition) is 2. The molecule has 17 heavy (non-hydrogen) atoms. The fourth-order valence-electron chi connectivity index (χ4n) is 2.05. The van der Waals surface area contributed by atoms with Gasteiger partial charge in [-0.25, -0.2) is 0 Å². The third-order valence-electron chi connectivity index (χ3n) is 2.71. The van der Waals surface area contributed by atoms with E-state index < -0.39 is 7.22 Å². The summed E-state index contributed by atoms with van der Waals surface area (Å²) in [7, 11) is -1.10. The molecule has 1 aromatic carbocycles. The summed E-state index contributed by atoms with van der Waals surface area (Å²) < 4.78 is 0. The molecule has 2 rings (SSSR count). The van der Waals surface area contributed by atoms with E-state index in [9.17, 15) is 0 Å². The van der Waals surface area contributed by atoms with Crippen molar-refractivity contribution in [1.29, 1.82) is 0 Å². The van der Waals surface area contributed by atoms with E-state index in [4.69, 9.17) is 4.99 Å². The smallest absolute Gasteiger partial charge is 0.114 e. The van der Waals surface area contributed by atoms with Crippen LogP contribution < -0.4 is 0 Å². The first-order valence-electron chi connectivity index (χ1n) is 6.38. The van der Waals surface area contributed by atoms with Crippen LogP contribution in [0.3, 0.4) is 0 Å². The summed E-state index contributed by atoms with van der Waals surface area (Å²) in [6.07, 6.45) is 5.04. The Morgan fingerprint density at radius 1 is 1.12 bits per heavy atom. The average Bonchev–Trinajstić information content (AvgIpc) is 2.68. The zero-order chi connectivity index (χ0) is 12.3. The van der Waals surface area contributed by atoms with Gasteiger partial charge in [0.05, 0.1) is 5.69 Å². The molecule has 0 bridgehead atoms. The number of nitrogens with zero attached hydrogens (tertiary/aromatic N) is 1. The minimum atomic E-state index is -1.10. The lowest BCUT2D eigenvalue weighted by Crippen LogP contribution is -2.13. The maximum atomic E-state index is 4.77. The summed E-state index contributed by atoms with van der Waals surface area (Å²) >= 11 is 2.04. The molecular weight excluding hydrogens is 242 g/mol. The highest BCUT2D eigenvalue weighted by molar-refractivity contribution is 8.28. The Balaban J connectivity index is 2.14. The second kappa shape index (κ2) is 5.40. The van der Waals surface area contributed by atoms with Crippen molar-refractivity contribution in [2.24, 2.45) is 4.99 Å². The Bertz CT molecular complexity index is 412. The molecule has 0 N–H and O–H groups in total. The molecule has 92 valence electrons. The van der Waals surface area contributed by atoms with Crippen LogP contribution >= 0.6 is 11.2 Å². The lowest BCUT2D eigenvalue weighted by atomic mass is 10.3. The predicted molar refractivity (Wildman–Crippen MR) is 81.2 cm³/mol. The molecule has 0 heterocycles. The molecule has 1 nitrogen and oxygen atoms in total. The quantitative estimate of drug-likeness (QED) is 0.678. The van der Waals surface area contributed by atoms with Gasteiger partial charge in [0.2, 0.25) is 0 Å². The van der Waals surface area contributed by atoms with E-state index in [1.54, 1.807) is 0 Å². The zero-order valence-corrected chi connectivity index (χ0v) is 12.8. The summed E-state index contributed by atoms with van der Waals surface area (Å²) in [5.74, 6) is 0. The van der Waals surface area contributed by atoms with Crippen LogP contribution in [0.4, 0.5) is 5.69 Å². The summed E-state index contributed by atoms with van der Waals surface area (Å²) in [5, 5.41) is 0. The van der Waals surface area contributed by atoms with E-state index >= 15 is 0 Å². The Kier molecular flexibility index (Phi) is 4.10. The predicted octanol–water partition coefficient (Wildman–Crippen LogP) is 5.26. The molecule has 1 fully saturated rings. The molecular formula is C14H21NSSi. The van der Waals surface area contributed by atoms with E-state index in [1.807, 2.05) is 11.2 Å². The lowest BCUT2D eigenvalue weighted by Gasteiger charge is -2.15. The first-order chi connectivity index (χ1) is 8.03. The van der Waals surface area contributed by atoms with Gasteiger partial charge in [-0.2, -0.15) is 11.2 Å². The second-order valence-corrected chi connectivity index (χ2v) is 14.8. The first kappa shape index (κ1) is 12.9. The SMILES string of the molecule is C[Si](C)(C)Sc1cccc(N=C2CCCC2)c1. The van der Waals surface area contributed by atoms with Crippen molar-refractivity contribution in [2.45, 2.75) is 50.2 Å². The van der Waals surface area contributed by atoms with Crippen LogP contribution in [-0.4, -0.2) is 12.9 Å². The maximum absolute atomic E-state index is 4.77. The summed E-state index contributed by atoms with van der Waals surface area (Å²) in [5.41, 5.74) is 2.53. The van der Waals surface area contributed by atoms with Gasteiger partial charge in [0.1, 0.15) is 7.22 Å². The molecule has 1 aliphatic carbocycles. The third-order valence-corrected chi connectivity index (χ3v) is 6.36. The Labute approximate surface area is 109 Å². The van der Waals surface area contributed by atoms with E-state index in [0.717, 1.165) is 5.69 Å². The van der Waals surface area contributed by atoms with E-state index in [-0.39, 0.29) is 0 Å². The molecule has 0 amide bonds. The molecule has 0 unspecified atom stereocenters. The largest absolute Gasteiger partial charge is 0.258 e. The fourth-order valence-corrected chi connectivity index (χ4v) is 5.58. The van der Waals surface area contributed by atoms with Crippen LogP contribution in [0.2, 0.25) is 19.6 Å². The lowest BCUT2D eigenvalue weighted by molar-refractivity contribution is 0.886. The minimum absolute atomic E-state index is 1.10. The van der Waals surface area contributed by atoms with Crippen LogP contribution in [0.15, 0.2) is 34.2 Å². The summed E-state index contributed by atoms with van der Waals surface area (Å²) in [6.45, 7) is 7.15. The van der Waals surface area contributed by atoms with Crippen LogP contribution in [0.5, 0.6) is 0 Å². The first-order valence-corrected chi connectivity index (χ1v) is 11.4. The topological polar surface area (TPSA) is 12.4 Å².